The normalized spacial score (nSPS) is 14.6. The number of nitro groups is 2. The van der Waals surface area contributed by atoms with Gasteiger partial charge in [-0.15, -0.1) is 0 Å². The standard InChI is InChI=1S/C52H89N23O14/c1-28(2)23-35(71-48(84)38-12-8-22-73(38)49(85)31(53)9-5-17-63-50(55)56)45(81)67-27-42(78)70-36(24-29(3)4)47(83)72-37(26-66-32-14-13-30(74(86)87)25-39(32)75(88)89)46(82)62-21-16-41(77)69-34(11-7-19-65-52(59)60)44(80)61-20-15-40(76)68-33(43(54)79)10-6-18-64-51(57)58/h13-14,25,28-29,31,33-38,66H,5-12,15-24,26-27,53H2,1-4H3,(H2,54,79)(H,61,80)(H,62,82)(H,67,81)(H,68,76)(H,69,77)(H,70,78)(H,71,84)(H,72,83)(H4,55,56,63)(H4,57,58,64)(H4,59,60,65)/t31-,33-,34-,35+,36+,37+,38+/m1/s1. The number of hydrogen-bond acceptors (Lipinski definition) is 19. The zero-order valence-corrected chi connectivity index (χ0v) is 50.6. The lowest BCUT2D eigenvalue weighted by molar-refractivity contribution is -0.393. The summed E-state index contributed by atoms with van der Waals surface area (Å²) in [6.45, 7) is 5.84. The average molecular weight is 1260 g/mol. The van der Waals surface area contributed by atoms with Crippen molar-refractivity contribution in [1.29, 1.82) is 0 Å². The Balaban J connectivity index is 2.27. The number of primary amides is 1. The van der Waals surface area contributed by atoms with Gasteiger partial charge in [-0.3, -0.25) is 83.2 Å². The number of nitrogens with zero attached hydrogens (tertiary/aromatic N) is 6. The molecule has 10 amide bonds. The summed E-state index contributed by atoms with van der Waals surface area (Å²) < 4.78 is 0. The van der Waals surface area contributed by atoms with E-state index in [0.29, 0.717) is 31.7 Å². The second kappa shape index (κ2) is 39.2. The molecular weight excluding hydrogens is 1170 g/mol. The Labute approximate surface area is 513 Å². The number of likely N-dealkylation sites (tertiary alicyclic amines) is 1. The van der Waals surface area contributed by atoms with E-state index in [0.717, 1.165) is 12.1 Å². The topological polar surface area (TPSA) is 614 Å². The number of carbonyl (C=O) groups is 10. The van der Waals surface area contributed by atoms with E-state index in [2.05, 4.69) is 62.8 Å². The number of benzene rings is 1. The zero-order chi connectivity index (χ0) is 66.9. The number of rotatable bonds is 41. The molecule has 1 aliphatic rings. The highest BCUT2D eigenvalue weighted by atomic mass is 16.6. The molecule has 0 aliphatic carbocycles. The van der Waals surface area contributed by atoms with Crippen LogP contribution in [0, 0.1) is 32.1 Å². The molecular formula is C52H89N23O14. The maximum atomic E-state index is 14.1. The number of nitro benzene ring substituents is 2. The second-order valence-electron chi connectivity index (χ2n) is 21.7. The van der Waals surface area contributed by atoms with Crippen LogP contribution in [0.4, 0.5) is 17.1 Å². The molecule has 0 bridgehead atoms. The van der Waals surface area contributed by atoms with Crippen molar-refractivity contribution >= 4 is 94.0 Å². The van der Waals surface area contributed by atoms with Crippen molar-refractivity contribution in [2.75, 3.05) is 57.7 Å². The van der Waals surface area contributed by atoms with Crippen LogP contribution in [0.5, 0.6) is 0 Å². The van der Waals surface area contributed by atoms with Crippen molar-refractivity contribution in [3.63, 3.8) is 0 Å². The molecule has 1 fully saturated rings. The predicted molar refractivity (Wildman–Crippen MR) is 327 cm³/mol. The molecule has 0 spiro atoms. The van der Waals surface area contributed by atoms with Crippen LogP contribution in [-0.4, -0.2) is 186 Å². The molecule has 7 atom stereocenters. The first-order valence-corrected chi connectivity index (χ1v) is 28.9. The molecule has 0 aromatic heterocycles. The summed E-state index contributed by atoms with van der Waals surface area (Å²) in [5.74, 6) is -8.41. The highest BCUT2D eigenvalue weighted by Gasteiger charge is 2.38. The number of carbonyl (C=O) groups excluding carboxylic acids is 10. The lowest BCUT2D eigenvalue weighted by Gasteiger charge is -2.28. The van der Waals surface area contributed by atoms with Gasteiger partial charge in [-0.25, -0.2) is 0 Å². The van der Waals surface area contributed by atoms with Gasteiger partial charge in [0.15, 0.2) is 17.9 Å². The quantitative estimate of drug-likeness (QED) is 0.00956. The SMILES string of the molecule is CC(C)C[C@H](NC(=O)CNC(=O)[C@H](CC(C)C)NC(=O)[C@@H]1CCCN1C(=O)[C@H](N)CCCN=C(N)N)C(=O)N[C@@H](CNc1ccc([N+](=O)[O-])cc1[N+](=O)[O-])C(=O)NCCC(=O)N[C@H](CCCN=C(N)N)C(=O)NCCC(=O)N[C@H](CCCN=C(N)N)C(N)=O. The third-order valence-electron chi connectivity index (χ3n) is 13.3. The number of anilines is 1. The van der Waals surface area contributed by atoms with Crippen molar-refractivity contribution in [2.45, 2.75) is 147 Å². The Morgan fingerprint density at radius 2 is 1.08 bits per heavy atom. The first-order chi connectivity index (χ1) is 41.9. The Morgan fingerprint density at radius 1 is 0.596 bits per heavy atom. The van der Waals surface area contributed by atoms with Crippen LogP contribution in [0.25, 0.3) is 0 Å². The number of aliphatic imine (C=N–C) groups is 3. The summed E-state index contributed by atoms with van der Waals surface area (Å²) in [5, 5.41) is 46.4. The van der Waals surface area contributed by atoms with Crippen LogP contribution in [0.3, 0.4) is 0 Å². The Bertz CT molecular complexity index is 2720. The molecule has 25 N–H and O–H groups in total. The smallest absolute Gasteiger partial charge is 0.299 e. The molecule has 1 aromatic rings. The number of non-ortho nitro benzene ring substituents is 1. The van der Waals surface area contributed by atoms with Crippen LogP contribution in [0.15, 0.2) is 33.2 Å². The fourth-order valence-electron chi connectivity index (χ4n) is 8.94. The van der Waals surface area contributed by atoms with Gasteiger partial charge in [-0.05, 0) is 82.1 Å². The fourth-order valence-corrected chi connectivity index (χ4v) is 8.94. The monoisotopic (exact) mass is 1260 g/mol. The highest BCUT2D eigenvalue weighted by Crippen LogP contribution is 2.29. The van der Waals surface area contributed by atoms with Gasteiger partial charge in [0.1, 0.15) is 41.9 Å². The van der Waals surface area contributed by atoms with Crippen LogP contribution < -0.4 is 93.7 Å². The molecule has 37 heteroatoms. The fraction of sp³-hybridized carbons (Fsp3) is 0.635. The molecule has 0 radical (unpaired) electrons. The molecule has 0 unspecified atom stereocenters. The summed E-state index contributed by atoms with van der Waals surface area (Å²) in [6, 6.07) is -5.66. The summed E-state index contributed by atoms with van der Waals surface area (Å²) in [5.41, 5.74) is 42.2. The first-order valence-electron chi connectivity index (χ1n) is 28.9. The van der Waals surface area contributed by atoms with Gasteiger partial charge in [-0.2, -0.15) is 0 Å². The third-order valence-corrected chi connectivity index (χ3v) is 13.3. The lowest BCUT2D eigenvalue weighted by atomic mass is 10.0. The zero-order valence-electron chi connectivity index (χ0n) is 50.6. The molecule has 1 aliphatic heterocycles. The lowest BCUT2D eigenvalue weighted by Crippen LogP contribution is -2.58. The number of hydrogen-bond donors (Lipinski definition) is 17. The number of nitrogens with two attached hydrogens (primary N) is 8. The van der Waals surface area contributed by atoms with Gasteiger partial charge in [0.25, 0.3) is 11.4 Å². The van der Waals surface area contributed by atoms with Gasteiger partial charge in [-0.1, -0.05) is 27.7 Å². The van der Waals surface area contributed by atoms with E-state index in [1.165, 1.54) is 4.90 Å². The highest BCUT2D eigenvalue weighted by molar-refractivity contribution is 5.96. The van der Waals surface area contributed by atoms with Crippen molar-refractivity contribution < 1.29 is 57.8 Å². The maximum absolute atomic E-state index is 14.1. The van der Waals surface area contributed by atoms with E-state index in [1.807, 2.05) is 0 Å². The van der Waals surface area contributed by atoms with Gasteiger partial charge >= 0.3 is 0 Å². The Hall–Kier alpha value is -9.71. The van der Waals surface area contributed by atoms with Crippen LogP contribution in [-0.2, 0) is 47.9 Å². The van der Waals surface area contributed by atoms with Gasteiger partial charge in [0.05, 0.1) is 28.5 Å². The molecule has 37 nitrogen and oxygen atoms in total. The minimum Gasteiger partial charge on any atom is -0.377 e. The molecule has 496 valence electrons. The van der Waals surface area contributed by atoms with Crippen molar-refractivity contribution in [1.82, 2.24) is 47.4 Å². The summed E-state index contributed by atoms with van der Waals surface area (Å²) in [7, 11) is 0. The van der Waals surface area contributed by atoms with Crippen LogP contribution in [0.2, 0.25) is 0 Å². The van der Waals surface area contributed by atoms with E-state index >= 15 is 0 Å². The minimum absolute atomic E-state index is 0.00966. The Kier molecular flexibility index (Phi) is 33.2. The van der Waals surface area contributed by atoms with E-state index < -0.39 is 149 Å². The number of nitrogens with one attached hydrogen (secondary N) is 9. The average Bonchev–Trinajstić information content (AvgIpc) is 3.09. The van der Waals surface area contributed by atoms with Crippen molar-refractivity contribution in [3.8, 4) is 0 Å². The molecule has 1 heterocycles. The van der Waals surface area contributed by atoms with Gasteiger partial charge < -0.3 is 98.6 Å². The van der Waals surface area contributed by atoms with E-state index in [-0.39, 0.29) is 113 Å². The molecule has 1 aromatic carbocycles. The molecule has 89 heavy (non-hydrogen) atoms. The van der Waals surface area contributed by atoms with E-state index in [4.69, 9.17) is 45.9 Å². The summed E-state index contributed by atoms with van der Waals surface area (Å²) >= 11 is 0. The molecule has 2 rings (SSSR count). The van der Waals surface area contributed by atoms with Crippen LogP contribution in [0.1, 0.15) is 105 Å². The van der Waals surface area contributed by atoms with Crippen molar-refractivity contribution in [3.05, 3.63) is 38.4 Å². The van der Waals surface area contributed by atoms with E-state index in [1.54, 1.807) is 27.7 Å². The van der Waals surface area contributed by atoms with Gasteiger partial charge in [0.2, 0.25) is 59.1 Å². The Morgan fingerprint density at radius 3 is 1.58 bits per heavy atom. The maximum Gasteiger partial charge on any atom is 0.299 e. The van der Waals surface area contributed by atoms with Gasteiger partial charge in [0, 0.05) is 64.7 Å². The third kappa shape index (κ3) is 29.5. The van der Waals surface area contributed by atoms with Crippen molar-refractivity contribution in [2.24, 2.45) is 72.7 Å². The number of guanidine groups is 3. The minimum atomic E-state index is -1.64. The number of amides is 10. The summed E-state index contributed by atoms with van der Waals surface area (Å²) in [4.78, 5) is 168. The van der Waals surface area contributed by atoms with Crippen LogP contribution >= 0.6 is 0 Å². The molecule has 1 saturated heterocycles. The first kappa shape index (κ1) is 75.4. The summed E-state index contributed by atoms with van der Waals surface area (Å²) in [6.07, 6.45) is 1.41. The largest absolute Gasteiger partial charge is 0.377 e. The molecule has 0 saturated carbocycles. The van der Waals surface area contributed by atoms with E-state index in [9.17, 15) is 68.2 Å². The predicted octanol–water partition coefficient (Wildman–Crippen LogP) is -5.48. The second-order valence-corrected chi connectivity index (χ2v) is 21.7.